The third-order valence-electron chi connectivity index (χ3n) is 0.681. The largest absolute Gasteiger partial charge is 0.476 e. The van der Waals surface area contributed by atoms with E-state index in [1.807, 2.05) is 0 Å². The molecule has 0 spiro atoms. The van der Waals surface area contributed by atoms with E-state index in [0.717, 1.165) is 7.11 Å². The highest BCUT2D eigenvalue weighted by Crippen LogP contribution is 1.81. The van der Waals surface area contributed by atoms with E-state index in [2.05, 4.69) is 9.89 Å². The second kappa shape index (κ2) is 3.44. The van der Waals surface area contributed by atoms with E-state index in [1.165, 1.54) is 0 Å². The van der Waals surface area contributed by atoms with Crippen LogP contribution in [-0.2, 0) is 14.3 Å². The van der Waals surface area contributed by atoms with Crippen LogP contribution in [0.4, 0.5) is 0 Å². The standard InChI is InChI=1S/C4H5NO5/c1-10-4(8)2(5-9)3(6)7/h9H,1H3,(H,6,7)/b5-2-. The van der Waals surface area contributed by atoms with Gasteiger partial charge >= 0.3 is 11.9 Å². The predicted molar refractivity (Wildman–Crippen MR) is 28.9 cm³/mol. The van der Waals surface area contributed by atoms with Crippen LogP contribution in [-0.4, -0.2) is 35.1 Å². The van der Waals surface area contributed by atoms with Crippen molar-refractivity contribution in [2.24, 2.45) is 5.16 Å². The topological polar surface area (TPSA) is 96.2 Å². The molecule has 56 valence electrons. The molecule has 0 saturated carbocycles. The van der Waals surface area contributed by atoms with Gasteiger partial charge in [-0.05, 0) is 0 Å². The Hall–Kier alpha value is -1.59. The van der Waals surface area contributed by atoms with E-state index in [-0.39, 0.29) is 0 Å². The number of aliphatic carboxylic acids is 1. The molecule has 6 heteroatoms. The van der Waals surface area contributed by atoms with Crippen molar-refractivity contribution in [3.8, 4) is 0 Å². The van der Waals surface area contributed by atoms with Gasteiger partial charge < -0.3 is 15.1 Å². The molecule has 0 unspecified atom stereocenters. The number of nitrogens with zero attached hydrogens (tertiary/aromatic N) is 1. The van der Waals surface area contributed by atoms with Gasteiger partial charge in [0.25, 0.3) is 5.71 Å². The van der Waals surface area contributed by atoms with Crippen LogP contribution in [0.15, 0.2) is 5.16 Å². The molecule has 0 amide bonds. The number of esters is 1. The van der Waals surface area contributed by atoms with E-state index in [0.29, 0.717) is 0 Å². The normalized spacial score (nSPS) is 10.7. The van der Waals surface area contributed by atoms with Gasteiger partial charge in [-0.3, -0.25) is 0 Å². The summed E-state index contributed by atoms with van der Waals surface area (Å²) in [5.74, 6) is -2.82. The Bertz CT molecular complexity index is 184. The Kier molecular flexibility index (Phi) is 2.89. The number of carbonyl (C=O) groups is 2. The molecule has 0 aliphatic carbocycles. The molecule has 10 heavy (non-hydrogen) atoms. The zero-order valence-corrected chi connectivity index (χ0v) is 5.07. The van der Waals surface area contributed by atoms with Gasteiger partial charge in [0, 0.05) is 0 Å². The summed E-state index contributed by atoms with van der Waals surface area (Å²) in [7, 11) is 0.983. The molecule has 0 atom stereocenters. The lowest BCUT2D eigenvalue weighted by molar-refractivity contribution is -0.136. The molecule has 0 saturated heterocycles. The highest BCUT2D eigenvalue weighted by molar-refractivity contribution is 6.62. The summed E-state index contributed by atoms with van der Waals surface area (Å²) in [6.07, 6.45) is 0. The summed E-state index contributed by atoms with van der Waals surface area (Å²) in [5.41, 5.74) is -1.04. The first-order valence-corrected chi connectivity index (χ1v) is 2.17. The third kappa shape index (κ3) is 1.73. The summed E-state index contributed by atoms with van der Waals surface area (Å²) >= 11 is 0. The maximum Gasteiger partial charge on any atom is 0.367 e. The molecule has 0 aliphatic rings. The van der Waals surface area contributed by atoms with Gasteiger partial charge in [0.15, 0.2) is 0 Å². The van der Waals surface area contributed by atoms with E-state index in [1.54, 1.807) is 0 Å². The minimum Gasteiger partial charge on any atom is -0.476 e. The third-order valence-corrected chi connectivity index (χ3v) is 0.681. The van der Waals surface area contributed by atoms with E-state index >= 15 is 0 Å². The number of carboxylic acid groups (broad SMARTS) is 1. The molecule has 0 aromatic rings. The lowest BCUT2D eigenvalue weighted by Gasteiger charge is -1.93. The van der Waals surface area contributed by atoms with Crippen molar-refractivity contribution in [3.05, 3.63) is 0 Å². The summed E-state index contributed by atoms with van der Waals surface area (Å²) < 4.78 is 3.95. The van der Waals surface area contributed by atoms with Gasteiger partial charge in [0.05, 0.1) is 7.11 Å². The number of hydrogen-bond acceptors (Lipinski definition) is 5. The lowest BCUT2D eigenvalue weighted by Crippen LogP contribution is -2.24. The van der Waals surface area contributed by atoms with Crippen LogP contribution in [0, 0.1) is 0 Å². The van der Waals surface area contributed by atoms with Crippen LogP contribution in [0.1, 0.15) is 0 Å². The van der Waals surface area contributed by atoms with Crippen LogP contribution < -0.4 is 0 Å². The molecule has 0 aromatic heterocycles. The summed E-state index contributed by atoms with van der Waals surface area (Å²) in [5, 5.41) is 18.2. The van der Waals surface area contributed by atoms with Crippen LogP contribution >= 0.6 is 0 Å². The number of rotatable bonds is 2. The molecule has 0 bridgehead atoms. The fourth-order valence-electron chi connectivity index (χ4n) is 0.268. The van der Waals surface area contributed by atoms with Crippen molar-refractivity contribution in [2.75, 3.05) is 7.11 Å². The number of oxime groups is 1. The number of carbonyl (C=O) groups excluding carboxylic acids is 1. The number of methoxy groups -OCH3 is 1. The molecule has 0 aromatic carbocycles. The molecular formula is C4H5NO5. The molecule has 0 fully saturated rings. The van der Waals surface area contributed by atoms with Gasteiger partial charge in [-0.15, -0.1) is 0 Å². The van der Waals surface area contributed by atoms with Crippen LogP contribution in [0.5, 0.6) is 0 Å². The van der Waals surface area contributed by atoms with E-state index < -0.39 is 17.7 Å². The van der Waals surface area contributed by atoms with Crippen LogP contribution in [0.2, 0.25) is 0 Å². The average Bonchev–Trinajstić information content (AvgIpc) is 1.88. The molecule has 0 heterocycles. The van der Waals surface area contributed by atoms with Crippen molar-refractivity contribution in [3.63, 3.8) is 0 Å². The number of carboxylic acids is 1. The summed E-state index contributed by atoms with van der Waals surface area (Å²) in [6.45, 7) is 0. The second-order valence-corrected chi connectivity index (χ2v) is 1.25. The van der Waals surface area contributed by atoms with Crippen LogP contribution in [0.25, 0.3) is 0 Å². The predicted octanol–water partition coefficient (Wildman–Crippen LogP) is -0.926. The summed E-state index contributed by atoms with van der Waals surface area (Å²) in [6, 6.07) is 0. The van der Waals surface area contributed by atoms with Gasteiger partial charge in [0.1, 0.15) is 0 Å². The minimum atomic E-state index is -1.63. The zero-order valence-electron chi connectivity index (χ0n) is 5.07. The van der Waals surface area contributed by atoms with Gasteiger partial charge in [-0.25, -0.2) is 9.59 Å². The van der Waals surface area contributed by atoms with Crippen molar-refractivity contribution in [1.82, 2.24) is 0 Å². The highest BCUT2D eigenvalue weighted by Gasteiger charge is 2.20. The van der Waals surface area contributed by atoms with Gasteiger partial charge in [-0.1, -0.05) is 5.16 Å². The van der Waals surface area contributed by atoms with Crippen molar-refractivity contribution >= 4 is 17.7 Å². The maximum absolute atomic E-state index is 10.3. The Morgan fingerprint density at radius 1 is 1.50 bits per heavy atom. The molecule has 0 aliphatic heterocycles. The van der Waals surface area contributed by atoms with Gasteiger partial charge in [-0.2, -0.15) is 0 Å². The van der Waals surface area contributed by atoms with Gasteiger partial charge in [0.2, 0.25) is 0 Å². The first-order valence-electron chi connectivity index (χ1n) is 2.17. The van der Waals surface area contributed by atoms with Crippen molar-refractivity contribution in [1.29, 1.82) is 0 Å². The maximum atomic E-state index is 10.3. The molecule has 6 nitrogen and oxygen atoms in total. The average molecular weight is 147 g/mol. The lowest BCUT2D eigenvalue weighted by atomic mass is 10.4. The number of ether oxygens (including phenoxy) is 1. The first-order chi connectivity index (χ1) is 4.63. The monoisotopic (exact) mass is 147 g/mol. The zero-order chi connectivity index (χ0) is 8.15. The van der Waals surface area contributed by atoms with Crippen molar-refractivity contribution in [2.45, 2.75) is 0 Å². The number of hydrogen-bond donors (Lipinski definition) is 2. The molecular weight excluding hydrogens is 142 g/mol. The van der Waals surface area contributed by atoms with E-state index in [4.69, 9.17) is 10.3 Å². The Morgan fingerprint density at radius 3 is 2.10 bits per heavy atom. The molecule has 2 N–H and O–H groups in total. The van der Waals surface area contributed by atoms with Crippen molar-refractivity contribution < 1.29 is 24.6 Å². The Balaban J connectivity index is 4.39. The Morgan fingerprint density at radius 2 is 2.00 bits per heavy atom. The molecule has 0 rings (SSSR count). The SMILES string of the molecule is COC(=O)/C(=N\O)C(=O)O. The van der Waals surface area contributed by atoms with Crippen LogP contribution in [0.3, 0.4) is 0 Å². The smallest absolute Gasteiger partial charge is 0.367 e. The fraction of sp³-hybridized carbons (Fsp3) is 0.250. The first kappa shape index (κ1) is 8.41. The van der Waals surface area contributed by atoms with E-state index in [9.17, 15) is 9.59 Å². The quantitative estimate of drug-likeness (QED) is 0.173. The summed E-state index contributed by atoms with van der Waals surface area (Å²) in [4.78, 5) is 20.2. The second-order valence-electron chi connectivity index (χ2n) is 1.25. The highest BCUT2D eigenvalue weighted by atomic mass is 16.5. The fourth-order valence-corrected chi connectivity index (χ4v) is 0.268. The minimum absolute atomic E-state index is 0.983. The Labute approximate surface area is 55.7 Å². The molecule has 0 radical (unpaired) electrons.